The average Bonchev–Trinajstić information content (AvgIpc) is 3.18. The second-order valence-electron chi connectivity index (χ2n) is 8.01. The van der Waals surface area contributed by atoms with Crippen molar-refractivity contribution in [2.75, 3.05) is 18.9 Å². The van der Waals surface area contributed by atoms with Crippen molar-refractivity contribution in [3.63, 3.8) is 0 Å². The first-order chi connectivity index (χ1) is 16.6. The summed E-state index contributed by atoms with van der Waals surface area (Å²) >= 11 is 0. The Morgan fingerprint density at radius 2 is 1.88 bits per heavy atom. The molecule has 2 atom stereocenters. The van der Waals surface area contributed by atoms with Gasteiger partial charge in [-0.1, -0.05) is 61.4 Å². The molecule has 3 aromatic rings. The van der Waals surface area contributed by atoms with E-state index in [0.717, 1.165) is 28.9 Å². The molecule has 34 heavy (non-hydrogen) atoms. The highest BCUT2D eigenvalue weighted by atomic mass is 16.3. The zero-order valence-corrected chi connectivity index (χ0v) is 19.3. The van der Waals surface area contributed by atoms with Crippen molar-refractivity contribution >= 4 is 23.0 Å². The van der Waals surface area contributed by atoms with Gasteiger partial charge >= 0.3 is 0 Å². The Morgan fingerprint density at radius 1 is 1.12 bits per heavy atom. The van der Waals surface area contributed by atoms with E-state index in [2.05, 4.69) is 27.8 Å². The molecule has 0 bridgehead atoms. The summed E-state index contributed by atoms with van der Waals surface area (Å²) in [5, 5.41) is 18.8. The summed E-state index contributed by atoms with van der Waals surface area (Å²) in [5.41, 5.74) is 5.84. The Labute approximate surface area is 200 Å². The molecule has 2 unspecified atom stereocenters. The van der Waals surface area contributed by atoms with Gasteiger partial charge in [0, 0.05) is 17.8 Å². The van der Waals surface area contributed by atoms with E-state index < -0.39 is 12.1 Å². The quantitative estimate of drug-likeness (QED) is 0.251. The van der Waals surface area contributed by atoms with Crippen molar-refractivity contribution in [2.45, 2.75) is 25.6 Å². The van der Waals surface area contributed by atoms with E-state index in [-0.39, 0.29) is 5.91 Å². The van der Waals surface area contributed by atoms with E-state index in [4.69, 9.17) is 4.99 Å². The number of anilines is 1. The number of aliphatic hydroxyl groups is 1. The van der Waals surface area contributed by atoms with Gasteiger partial charge in [-0.15, -0.1) is 0 Å². The molecule has 1 amide bonds. The van der Waals surface area contributed by atoms with Gasteiger partial charge in [0.15, 0.2) is 6.23 Å². The Morgan fingerprint density at radius 3 is 2.59 bits per heavy atom. The zero-order valence-electron chi connectivity index (χ0n) is 19.3. The van der Waals surface area contributed by atoms with Crippen LogP contribution >= 0.6 is 0 Å². The molecule has 3 aromatic carbocycles. The number of carbonyl (C=O) groups is 1. The highest BCUT2D eigenvalue weighted by Crippen LogP contribution is 2.36. The fraction of sp³-hybridized carbons (Fsp3) is 0.214. The zero-order chi connectivity index (χ0) is 23.9. The lowest BCUT2D eigenvalue weighted by atomic mass is 9.90. The van der Waals surface area contributed by atoms with Crippen molar-refractivity contribution < 1.29 is 9.90 Å². The molecule has 6 nitrogen and oxygen atoms in total. The predicted molar refractivity (Wildman–Crippen MR) is 136 cm³/mol. The van der Waals surface area contributed by atoms with Gasteiger partial charge in [-0.05, 0) is 60.5 Å². The van der Waals surface area contributed by atoms with E-state index in [0.29, 0.717) is 17.9 Å². The van der Waals surface area contributed by atoms with Crippen LogP contribution in [0.15, 0.2) is 77.8 Å². The van der Waals surface area contributed by atoms with E-state index >= 15 is 0 Å². The summed E-state index contributed by atoms with van der Waals surface area (Å²) in [5.74, 6) is 5.06. The van der Waals surface area contributed by atoms with E-state index in [9.17, 15) is 9.90 Å². The largest absolute Gasteiger partial charge is 0.367 e. The summed E-state index contributed by atoms with van der Waals surface area (Å²) < 4.78 is 0. The lowest BCUT2D eigenvalue weighted by Crippen LogP contribution is -2.26. The molecule has 1 aliphatic heterocycles. The highest BCUT2D eigenvalue weighted by Gasteiger charge is 2.35. The maximum absolute atomic E-state index is 13.2. The molecular weight excluding hydrogens is 424 g/mol. The van der Waals surface area contributed by atoms with Crippen LogP contribution in [0.4, 0.5) is 11.4 Å². The number of aliphatic imine (C=N–C) groups is 1. The normalized spacial score (nSPS) is 15.8. The molecule has 1 aliphatic rings. The van der Waals surface area contributed by atoms with Gasteiger partial charge in [0.2, 0.25) is 5.91 Å². The van der Waals surface area contributed by atoms with Crippen LogP contribution in [0.5, 0.6) is 0 Å². The van der Waals surface area contributed by atoms with E-state index in [1.54, 1.807) is 0 Å². The van der Waals surface area contributed by atoms with Gasteiger partial charge in [0.25, 0.3) is 0 Å². The molecule has 0 saturated carbocycles. The molecule has 0 aliphatic carbocycles. The van der Waals surface area contributed by atoms with Gasteiger partial charge in [-0.25, -0.2) is 0 Å². The van der Waals surface area contributed by atoms with Gasteiger partial charge in [-0.2, -0.15) is 0 Å². The van der Waals surface area contributed by atoms with Crippen molar-refractivity contribution in [3.8, 4) is 11.8 Å². The van der Waals surface area contributed by atoms with Crippen molar-refractivity contribution in [1.29, 1.82) is 0 Å². The van der Waals surface area contributed by atoms with Crippen molar-refractivity contribution in [3.05, 3.63) is 95.1 Å². The predicted octanol–water partition coefficient (Wildman–Crippen LogP) is 3.54. The number of nitrogens with one attached hydrogen (secondary N) is 3. The fourth-order valence-corrected chi connectivity index (χ4v) is 3.94. The smallest absolute Gasteiger partial charge is 0.238 e. The minimum absolute atomic E-state index is 0.123. The fourth-order valence-electron chi connectivity index (χ4n) is 3.94. The van der Waals surface area contributed by atoms with Crippen LogP contribution in [-0.2, 0) is 11.3 Å². The molecule has 4 rings (SSSR count). The van der Waals surface area contributed by atoms with Crippen LogP contribution in [0.2, 0.25) is 0 Å². The molecule has 0 spiro atoms. The highest BCUT2D eigenvalue weighted by molar-refractivity contribution is 6.24. The lowest BCUT2D eigenvalue weighted by Gasteiger charge is -2.14. The molecule has 0 saturated heterocycles. The maximum atomic E-state index is 13.2. The minimum atomic E-state index is -0.892. The standard InChI is InChI=1S/C28H28N4O2/c1-3-30-25(33)16-12-19-11-15-23-24(17-19)32-28(34)26(23)27(21-7-5-4-6-8-21)31-22-13-9-20(10-14-22)18-29-2/h4-11,13-15,17,25-26,29-30,33H,3,18H2,1-2H3,(H,32,34). The number of nitrogens with zero attached hydrogens (tertiary/aromatic N) is 1. The van der Waals surface area contributed by atoms with Crippen LogP contribution in [-0.4, -0.2) is 36.5 Å². The SMILES string of the molecule is CCNC(O)C#Cc1ccc2c(c1)NC(=O)C2C(=Nc1ccc(CNC)cc1)c1ccccc1. The van der Waals surface area contributed by atoms with E-state index in [1.165, 1.54) is 5.56 Å². The molecule has 0 aromatic heterocycles. The Balaban J connectivity index is 1.71. The number of rotatable bonds is 7. The molecule has 172 valence electrons. The Bertz CT molecular complexity index is 1240. The summed E-state index contributed by atoms with van der Waals surface area (Å²) in [6, 6.07) is 23.4. The number of fused-ring (bicyclic) bond motifs is 1. The first kappa shape index (κ1) is 23.4. The topological polar surface area (TPSA) is 85.8 Å². The van der Waals surface area contributed by atoms with Gasteiger partial charge in [-0.3, -0.25) is 15.1 Å². The number of aliphatic hydroxyl groups excluding tert-OH is 1. The maximum Gasteiger partial charge on any atom is 0.238 e. The third-order valence-corrected chi connectivity index (χ3v) is 5.54. The summed E-state index contributed by atoms with van der Waals surface area (Å²) in [6.45, 7) is 3.31. The van der Waals surface area contributed by atoms with Crippen LogP contribution in [0.25, 0.3) is 0 Å². The first-order valence-electron chi connectivity index (χ1n) is 11.3. The van der Waals surface area contributed by atoms with Crippen LogP contribution in [0, 0.1) is 11.8 Å². The van der Waals surface area contributed by atoms with Crippen molar-refractivity contribution in [1.82, 2.24) is 10.6 Å². The number of carbonyl (C=O) groups excluding carboxylic acids is 1. The molecule has 0 fully saturated rings. The van der Waals surface area contributed by atoms with Gasteiger partial charge in [0.05, 0.1) is 11.4 Å². The first-order valence-corrected chi connectivity index (χ1v) is 11.3. The number of hydrogen-bond acceptors (Lipinski definition) is 5. The second kappa shape index (κ2) is 10.9. The van der Waals surface area contributed by atoms with Gasteiger partial charge in [0.1, 0.15) is 5.92 Å². The number of benzene rings is 3. The van der Waals surface area contributed by atoms with Crippen LogP contribution < -0.4 is 16.0 Å². The molecule has 0 radical (unpaired) electrons. The summed E-state index contributed by atoms with van der Waals surface area (Å²) in [6.07, 6.45) is -0.892. The minimum Gasteiger partial charge on any atom is -0.367 e. The van der Waals surface area contributed by atoms with Crippen LogP contribution in [0.3, 0.4) is 0 Å². The Hall–Kier alpha value is -3.76. The van der Waals surface area contributed by atoms with E-state index in [1.807, 2.05) is 86.8 Å². The third kappa shape index (κ3) is 5.41. The average molecular weight is 453 g/mol. The Kier molecular flexibility index (Phi) is 7.51. The number of hydrogen-bond donors (Lipinski definition) is 4. The molecule has 6 heteroatoms. The van der Waals surface area contributed by atoms with Crippen molar-refractivity contribution in [2.24, 2.45) is 4.99 Å². The monoisotopic (exact) mass is 452 g/mol. The van der Waals surface area contributed by atoms with Gasteiger partial charge < -0.3 is 15.7 Å². The summed E-state index contributed by atoms with van der Waals surface area (Å²) in [7, 11) is 1.91. The lowest BCUT2D eigenvalue weighted by molar-refractivity contribution is -0.115. The summed E-state index contributed by atoms with van der Waals surface area (Å²) in [4.78, 5) is 18.1. The van der Waals surface area contributed by atoms with Crippen LogP contribution in [0.1, 0.15) is 35.1 Å². The molecule has 4 N–H and O–H groups in total. The number of amides is 1. The molecule has 1 heterocycles. The third-order valence-electron chi connectivity index (χ3n) is 5.54. The molecular formula is C28H28N4O2. The second-order valence-corrected chi connectivity index (χ2v) is 8.01.